The van der Waals surface area contributed by atoms with Crippen molar-refractivity contribution in [1.82, 2.24) is 30.3 Å². The van der Waals surface area contributed by atoms with Crippen LogP contribution in [0.25, 0.3) is 0 Å². The Labute approximate surface area is 148 Å². The van der Waals surface area contributed by atoms with Crippen LogP contribution in [0.4, 0.5) is 0 Å². The number of hydrogen-bond acceptors (Lipinski definition) is 4. The fourth-order valence-electron chi connectivity index (χ4n) is 1.41. The average molecular weight is 423 g/mol. The molecule has 9 heteroatoms. The summed E-state index contributed by atoms with van der Waals surface area (Å²) in [5, 5.41) is 10.2. The minimum Gasteiger partial charge on any atom is -0.356 e. The zero-order valence-corrected chi connectivity index (χ0v) is 16.2. The number of guanidine groups is 1. The van der Waals surface area contributed by atoms with Crippen molar-refractivity contribution in [3.63, 3.8) is 0 Å². The lowest BCUT2D eigenvalue weighted by Gasteiger charge is -2.15. The molecule has 2 N–H and O–H groups in total. The summed E-state index contributed by atoms with van der Waals surface area (Å²) in [5.74, 6) is 1.84. The summed E-state index contributed by atoms with van der Waals surface area (Å²) >= 11 is 0. The first-order valence-electron chi connectivity index (χ1n) is 6.95. The van der Waals surface area contributed by atoms with Crippen molar-refractivity contribution in [2.75, 3.05) is 27.2 Å². The van der Waals surface area contributed by atoms with Crippen LogP contribution in [0.3, 0.4) is 0 Å². The maximum atomic E-state index is 11.6. The number of carbonyl (C=O) groups is 1. The molecular formula is C13H26IN7O. The van der Waals surface area contributed by atoms with Gasteiger partial charge in [0, 0.05) is 27.7 Å². The second-order valence-electron chi connectivity index (χ2n) is 5.38. The third-order valence-corrected chi connectivity index (χ3v) is 2.77. The molecule has 1 rings (SSSR count). The van der Waals surface area contributed by atoms with E-state index in [-0.39, 0.29) is 36.4 Å². The first-order valence-corrected chi connectivity index (χ1v) is 6.95. The van der Waals surface area contributed by atoms with Crippen LogP contribution in [0.2, 0.25) is 0 Å². The van der Waals surface area contributed by atoms with Crippen LogP contribution in [0.5, 0.6) is 0 Å². The number of carbonyl (C=O) groups excluding carboxylic acids is 1. The van der Waals surface area contributed by atoms with Crippen molar-refractivity contribution in [3.05, 3.63) is 12.2 Å². The Morgan fingerprint density at radius 3 is 2.59 bits per heavy atom. The highest BCUT2D eigenvalue weighted by Gasteiger charge is 2.07. The number of nitrogens with one attached hydrogen (secondary N) is 2. The molecule has 0 atom stereocenters. The molecular weight excluding hydrogens is 397 g/mol. The van der Waals surface area contributed by atoms with E-state index in [2.05, 4.69) is 39.6 Å². The molecule has 1 aromatic rings. The highest BCUT2D eigenvalue weighted by Crippen LogP contribution is 1.94. The average Bonchev–Trinajstić information content (AvgIpc) is 2.82. The van der Waals surface area contributed by atoms with Gasteiger partial charge in [-0.1, -0.05) is 13.8 Å². The number of likely N-dealkylation sites (N-methyl/N-ethyl adjacent to an activating group) is 1. The van der Waals surface area contributed by atoms with Crippen molar-refractivity contribution >= 4 is 35.8 Å². The van der Waals surface area contributed by atoms with Gasteiger partial charge >= 0.3 is 0 Å². The number of aromatic nitrogens is 3. The van der Waals surface area contributed by atoms with E-state index in [4.69, 9.17) is 0 Å². The molecule has 0 radical (unpaired) electrons. The van der Waals surface area contributed by atoms with Gasteiger partial charge in [0.15, 0.2) is 5.96 Å². The van der Waals surface area contributed by atoms with Crippen LogP contribution in [-0.4, -0.2) is 58.7 Å². The molecule has 0 fully saturated rings. The predicted octanol–water partition coefficient (Wildman–Crippen LogP) is 0.213. The molecule has 0 bridgehead atoms. The maximum absolute atomic E-state index is 11.6. The summed E-state index contributed by atoms with van der Waals surface area (Å²) in [6.07, 6.45) is 1.50. The van der Waals surface area contributed by atoms with Crippen molar-refractivity contribution in [3.8, 4) is 0 Å². The Hall–Kier alpha value is -1.39. The molecule has 22 heavy (non-hydrogen) atoms. The van der Waals surface area contributed by atoms with Crippen molar-refractivity contribution in [2.45, 2.75) is 20.4 Å². The molecule has 0 saturated heterocycles. The van der Waals surface area contributed by atoms with Crippen molar-refractivity contribution < 1.29 is 4.79 Å². The van der Waals surface area contributed by atoms with E-state index >= 15 is 0 Å². The van der Waals surface area contributed by atoms with E-state index in [0.29, 0.717) is 18.4 Å². The van der Waals surface area contributed by atoms with Gasteiger partial charge in [0.25, 0.3) is 0 Å². The molecule has 8 nitrogen and oxygen atoms in total. The molecule has 0 aliphatic heterocycles. The van der Waals surface area contributed by atoms with Gasteiger partial charge in [0.2, 0.25) is 5.91 Å². The van der Waals surface area contributed by atoms with Crippen molar-refractivity contribution in [1.29, 1.82) is 0 Å². The van der Waals surface area contributed by atoms with Gasteiger partial charge in [-0.15, -0.1) is 24.0 Å². The highest BCUT2D eigenvalue weighted by atomic mass is 127. The fraction of sp³-hybridized carbons (Fsp3) is 0.692. The Balaban J connectivity index is 0.00000441. The van der Waals surface area contributed by atoms with Gasteiger partial charge in [0.1, 0.15) is 18.7 Å². The van der Waals surface area contributed by atoms with Crippen LogP contribution in [0.15, 0.2) is 11.3 Å². The normalized spacial score (nSPS) is 11.1. The molecule has 126 valence electrons. The molecule has 1 heterocycles. The molecule has 0 saturated carbocycles. The van der Waals surface area contributed by atoms with E-state index in [1.54, 1.807) is 18.8 Å². The van der Waals surface area contributed by atoms with Gasteiger partial charge in [0.05, 0.1) is 6.54 Å². The van der Waals surface area contributed by atoms with Gasteiger partial charge in [-0.25, -0.2) is 9.98 Å². The number of rotatable bonds is 6. The number of aliphatic imine (C=N–C) groups is 1. The molecule has 0 spiro atoms. The second-order valence-corrected chi connectivity index (χ2v) is 5.38. The zero-order valence-electron chi connectivity index (χ0n) is 13.8. The number of nitrogens with zero attached hydrogens (tertiary/aromatic N) is 5. The van der Waals surface area contributed by atoms with E-state index in [1.165, 1.54) is 11.2 Å². The number of hydrogen-bond donors (Lipinski definition) is 2. The number of amides is 1. The summed E-state index contributed by atoms with van der Waals surface area (Å²) in [4.78, 5) is 21.7. The number of halogens is 1. The Morgan fingerprint density at radius 2 is 2.09 bits per heavy atom. The van der Waals surface area contributed by atoms with E-state index in [1.807, 2.05) is 7.05 Å². The summed E-state index contributed by atoms with van der Waals surface area (Å²) in [6.45, 7) is 5.60. The topological polar surface area (TPSA) is 87.4 Å². The minimum atomic E-state index is -0.00675. The molecule has 0 unspecified atom stereocenters. The molecule has 0 aromatic carbocycles. The monoisotopic (exact) mass is 423 g/mol. The molecule has 1 amide bonds. The second kappa shape index (κ2) is 10.4. The Morgan fingerprint density at radius 1 is 1.41 bits per heavy atom. The molecule has 0 aliphatic carbocycles. The third kappa shape index (κ3) is 7.57. The van der Waals surface area contributed by atoms with Gasteiger partial charge in [-0.05, 0) is 5.92 Å². The van der Waals surface area contributed by atoms with Crippen LogP contribution < -0.4 is 10.6 Å². The number of aryl methyl sites for hydroxylation is 1. The van der Waals surface area contributed by atoms with Crippen LogP contribution in [-0.2, 0) is 18.4 Å². The SMILES string of the molecule is CC(C)CNC(=NCc1ncnn1C)NCC(=O)N(C)C.I. The first-order chi connectivity index (χ1) is 9.90. The summed E-state index contributed by atoms with van der Waals surface area (Å²) in [6, 6.07) is 0. The molecule has 0 aliphatic rings. The van der Waals surface area contributed by atoms with E-state index in [9.17, 15) is 4.79 Å². The highest BCUT2D eigenvalue weighted by molar-refractivity contribution is 14.0. The summed E-state index contributed by atoms with van der Waals surface area (Å²) in [7, 11) is 5.27. The fourth-order valence-corrected chi connectivity index (χ4v) is 1.41. The van der Waals surface area contributed by atoms with E-state index in [0.717, 1.165) is 12.4 Å². The minimum absolute atomic E-state index is 0. The van der Waals surface area contributed by atoms with Crippen LogP contribution in [0.1, 0.15) is 19.7 Å². The van der Waals surface area contributed by atoms with Gasteiger partial charge in [-0.3, -0.25) is 9.48 Å². The van der Waals surface area contributed by atoms with Crippen LogP contribution in [0, 0.1) is 5.92 Å². The largest absolute Gasteiger partial charge is 0.356 e. The summed E-state index contributed by atoms with van der Waals surface area (Å²) < 4.78 is 1.68. The van der Waals surface area contributed by atoms with Crippen molar-refractivity contribution in [2.24, 2.45) is 18.0 Å². The summed E-state index contributed by atoms with van der Waals surface area (Å²) in [5.41, 5.74) is 0. The predicted molar refractivity (Wildman–Crippen MR) is 97.1 cm³/mol. The third-order valence-electron chi connectivity index (χ3n) is 2.77. The lowest BCUT2D eigenvalue weighted by Crippen LogP contribution is -2.44. The molecule has 1 aromatic heterocycles. The van der Waals surface area contributed by atoms with Gasteiger partial charge in [-0.2, -0.15) is 5.10 Å². The Kier molecular flexibility index (Phi) is 9.70. The lowest BCUT2D eigenvalue weighted by molar-refractivity contribution is -0.127. The smallest absolute Gasteiger partial charge is 0.241 e. The van der Waals surface area contributed by atoms with Gasteiger partial charge < -0.3 is 15.5 Å². The lowest BCUT2D eigenvalue weighted by atomic mass is 10.2. The van der Waals surface area contributed by atoms with E-state index < -0.39 is 0 Å². The maximum Gasteiger partial charge on any atom is 0.241 e. The van der Waals surface area contributed by atoms with Crippen LogP contribution >= 0.6 is 24.0 Å². The Bertz CT molecular complexity index is 484. The quantitative estimate of drug-likeness (QED) is 0.388. The zero-order chi connectivity index (χ0) is 15.8. The standard InChI is InChI=1S/C13H25N7O.HI/c1-10(2)6-14-13(16-8-12(21)19(3)4)15-7-11-17-9-18-20(11)5;/h9-10H,6-8H2,1-5H3,(H2,14,15,16);1H. The first kappa shape index (κ1) is 20.6.